The largest absolute Gasteiger partial charge is 0.358 e. The van der Waals surface area contributed by atoms with E-state index in [0.717, 1.165) is 10.2 Å². The lowest BCUT2D eigenvalue weighted by atomic mass is 10.1. The molecular weight excluding hydrogens is 280 g/mol. The van der Waals surface area contributed by atoms with Gasteiger partial charge in [0, 0.05) is 10.5 Å². The molecule has 0 unspecified atom stereocenters. The van der Waals surface area contributed by atoms with Crippen molar-refractivity contribution in [1.29, 1.82) is 0 Å². The molecule has 0 radical (unpaired) electrons. The minimum atomic E-state index is 0.0995. The fourth-order valence-electron chi connectivity index (χ4n) is 2.83. The van der Waals surface area contributed by atoms with Gasteiger partial charge in [-0.15, -0.1) is 0 Å². The number of nitrogens with zero attached hydrogens (tertiary/aromatic N) is 1. The Kier molecular flexibility index (Phi) is 2.82. The van der Waals surface area contributed by atoms with Crippen LogP contribution in [-0.2, 0) is 4.79 Å². The zero-order valence-corrected chi connectivity index (χ0v) is 11.2. The summed E-state index contributed by atoms with van der Waals surface area (Å²) >= 11 is 3.44. The SMILES string of the molecule is O=C1CN(C2CCCC2)c2ccc(Br)cc2N1. The summed E-state index contributed by atoms with van der Waals surface area (Å²) in [5.74, 6) is 0.0995. The lowest BCUT2D eigenvalue weighted by molar-refractivity contribution is -0.115. The van der Waals surface area contributed by atoms with Gasteiger partial charge in [-0.25, -0.2) is 0 Å². The van der Waals surface area contributed by atoms with Crippen LogP contribution in [0.1, 0.15) is 25.7 Å². The first-order chi connectivity index (χ1) is 8.24. The predicted molar refractivity (Wildman–Crippen MR) is 72.4 cm³/mol. The van der Waals surface area contributed by atoms with Crippen molar-refractivity contribution in [3.05, 3.63) is 22.7 Å². The second-order valence-electron chi connectivity index (χ2n) is 4.78. The number of anilines is 2. The van der Waals surface area contributed by atoms with E-state index in [-0.39, 0.29) is 5.91 Å². The normalized spacial score (nSPS) is 20.3. The van der Waals surface area contributed by atoms with Crippen LogP contribution in [0.25, 0.3) is 0 Å². The minimum absolute atomic E-state index is 0.0995. The molecule has 90 valence electrons. The monoisotopic (exact) mass is 294 g/mol. The Labute approximate surface area is 109 Å². The van der Waals surface area contributed by atoms with Gasteiger partial charge in [0.25, 0.3) is 0 Å². The Morgan fingerprint density at radius 2 is 2.06 bits per heavy atom. The minimum Gasteiger partial charge on any atom is -0.358 e. The molecule has 1 fully saturated rings. The van der Waals surface area contributed by atoms with Gasteiger partial charge < -0.3 is 10.2 Å². The zero-order valence-electron chi connectivity index (χ0n) is 9.58. The van der Waals surface area contributed by atoms with Crippen LogP contribution in [0.5, 0.6) is 0 Å². The molecule has 0 aromatic heterocycles. The van der Waals surface area contributed by atoms with Crippen molar-refractivity contribution in [3.63, 3.8) is 0 Å². The maximum atomic E-state index is 11.7. The maximum Gasteiger partial charge on any atom is 0.243 e. The number of hydrogen-bond donors (Lipinski definition) is 1. The molecule has 0 saturated heterocycles. The molecule has 1 aliphatic heterocycles. The number of nitrogens with one attached hydrogen (secondary N) is 1. The first-order valence-electron chi connectivity index (χ1n) is 6.10. The first kappa shape index (κ1) is 11.1. The van der Waals surface area contributed by atoms with Crippen molar-refractivity contribution in [3.8, 4) is 0 Å². The van der Waals surface area contributed by atoms with Gasteiger partial charge in [-0.2, -0.15) is 0 Å². The number of carbonyl (C=O) groups excluding carboxylic acids is 1. The smallest absolute Gasteiger partial charge is 0.243 e. The van der Waals surface area contributed by atoms with Gasteiger partial charge in [-0.3, -0.25) is 4.79 Å². The highest BCUT2D eigenvalue weighted by molar-refractivity contribution is 9.10. The first-order valence-corrected chi connectivity index (χ1v) is 6.89. The molecule has 1 amide bonds. The van der Waals surface area contributed by atoms with Crippen molar-refractivity contribution in [2.45, 2.75) is 31.7 Å². The Hall–Kier alpha value is -1.03. The van der Waals surface area contributed by atoms with Crippen molar-refractivity contribution in [2.24, 2.45) is 0 Å². The Morgan fingerprint density at radius 1 is 1.29 bits per heavy atom. The molecule has 1 saturated carbocycles. The number of halogens is 1. The predicted octanol–water partition coefficient (Wildman–Crippen LogP) is 3.15. The van der Waals surface area contributed by atoms with Crippen molar-refractivity contribution in [2.75, 3.05) is 16.8 Å². The summed E-state index contributed by atoms with van der Waals surface area (Å²) in [5, 5.41) is 2.94. The number of benzene rings is 1. The highest BCUT2D eigenvalue weighted by atomic mass is 79.9. The summed E-state index contributed by atoms with van der Waals surface area (Å²) < 4.78 is 1.00. The molecule has 0 bridgehead atoms. The highest BCUT2D eigenvalue weighted by Crippen LogP contribution is 2.36. The number of hydrogen-bond acceptors (Lipinski definition) is 2. The van der Waals surface area contributed by atoms with Gasteiger partial charge >= 0.3 is 0 Å². The summed E-state index contributed by atoms with van der Waals surface area (Å²) in [6.45, 7) is 0.499. The van der Waals surface area contributed by atoms with Crippen LogP contribution in [0.15, 0.2) is 22.7 Å². The topological polar surface area (TPSA) is 32.3 Å². The molecule has 0 spiro atoms. The second-order valence-corrected chi connectivity index (χ2v) is 5.69. The third-order valence-corrected chi connectivity index (χ3v) is 4.11. The molecule has 17 heavy (non-hydrogen) atoms. The molecule has 0 atom stereocenters. The summed E-state index contributed by atoms with van der Waals surface area (Å²) in [6.07, 6.45) is 4.99. The van der Waals surface area contributed by atoms with E-state index in [1.54, 1.807) is 0 Å². The van der Waals surface area contributed by atoms with Crippen LogP contribution >= 0.6 is 15.9 Å². The van der Waals surface area contributed by atoms with E-state index < -0.39 is 0 Å². The van der Waals surface area contributed by atoms with Gasteiger partial charge in [0.15, 0.2) is 0 Å². The van der Waals surface area contributed by atoms with Crippen LogP contribution in [0.3, 0.4) is 0 Å². The van der Waals surface area contributed by atoms with E-state index in [1.165, 1.54) is 31.4 Å². The van der Waals surface area contributed by atoms with Crippen molar-refractivity contribution < 1.29 is 4.79 Å². The summed E-state index contributed by atoms with van der Waals surface area (Å²) in [7, 11) is 0. The number of fused-ring (bicyclic) bond motifs is 1. The lowest BCUT2D eigenvalue weighted by Gasteiger charge is -2.35. The van der Waals surface area contributed by atoms with Crippen molar-refractivity contribution >= 4 is 33.2 Å². The van der Waals surface area contributed by atoms with E-state index in [4.69, 9.17) is 0 Å². The van der Waals surface area contributed by atoms with E-state index in [2.05, 4.69) is 32.2 Å². The van der Waals surface area contributed by atoms with Gasteiger partial charge in [-0.05, 0) is 31.0 Å². The number of rotatable bonds is 1. The Morgan fingerprint density at radius 3 is 2.82 bits per heavy atom. The van der Waals surface area contributed by atoms with E-state index in [1.807, 2.05) is 12.1 Å². The van der Waals surface area contributed by atoms with Gasteiger partial charge in [0.2, 0.25) is 5.91 Å². The van der Waals surface area contributed by atoms with Gasteiger partial charge in [-0.1, -0.05) is 28.8 Å². The average Bonchev–Trinajstić information content (AvgIpc) is 2.80. The van der Waals surface area contributed by atoms with E-state index in [9.17, 15) is 4.79 Å². The fourth-order valence-corrected chi connectivity index (χ4v) is 3.19. The highest BCUT2D eigenvalue weighted by Gasteiger charge is 2.29. The van der Waals surface area contributed by atoms with Crippen LogP contribution in [-0.4, -0.2) is 18.5 Å². The van der Waals surface area contributed by atoms with Crippen LogP contribution in [0.4, 0.5) is 11.4 Å². The zero-order chi connectivity index (χ0) is 11.8. The quantitative estimate of drug-likeness (QED) is 0.863. The molecule has 3 nitrogen and oxygen atoms in total. The molecule has 3 rings (SSSR count). The third-order valence-electron chi connectivity index (χ3n) is 3.62. The number of amides is 1. The second kappa shape index (κ2) is 4.33. The van der Waals surface area contributed by atoms with Crippen LogP contribution in [0, 0.1) is 0 Å². The molecule has 1 N–H and O–H groups in total. The molecule has 1 aliphatic carbocycles. The molecule has 4 heteroatoms. The van der Waals surface area contributed by atoms with E-state index in [0.29, 0.717) is 12.6 Å². The summed E-state index contributed by atoms with van der Waals surface area (Å²) in [6, 6.07) is 6.66. The maximum absolute atomic E-state index is 11.7. The molecular formula is C13H15BrN2O. The standard InChI is InChI=1S/C13H15BrN2O/c14-9-5-6-12-11(7-9)15-13(17)8-16(12)10-3-1-2-4-10/h5-7,10H,1-4,8H2,(H,15,17). The molecule has 1 aromatic carbocycles. The molecule has 1 heterocycles. The number of carbonyl (C=O) groups is 1. The Balaban J connectivity index is 1.98. The molecule has 1 aromatic rings. The Bertz CT molecular complexity index is 455. The van der Waals surface area contributed by atoms with Crippen LogP contribution < -0.4 is 10.2 Å². The van der Waals surface area contributed by atoms with Crippen LogP contribution in [0.2, 0.25) is 0 Å². The van der Waals surface area contributed by atoms with Gasteiger partial charge in [0.05, 0.1) is 17.9 Å². The summed E-state index contributed by atoms with van der Waals surface area (Å²) in [4.78, 5) is 14.0. The molecule has 2 aliphatic rings. The summed E-state index contributed by atoms with van der Waals surface area (Å²) in [5.41, 5.74) is 2.10. The third kappa shape index (κ3) is 2.06. The van der Waals surface area contributed by atoms with Crippen molar-refractivity contribution in [1.82, 2.24) is 0 Å². The lowest BCUT2D eigenvalue weighted by Crippen LogP contribution is -2.43. The van der Waals surface area contributed by atoms with E-state index >= 15 is 0 Å². The average molecular weight is 295 g/mol. The fraction of sp³-hybridized carbons (Fsp3) is 0.462. The van der Waals surface area contributed by atoms with Gasteiger partial charge in [0.1, 0.15) is 0 Å².